The van der Waals surface area contributed by atoms with Gasteiger partial charge in [-0.15, -0.1) is 0 Å². The Bertz CT molecular complexity index is 701. The first-order chi connectivity index (χ1) is 10.7. The highest BCUT2D eigenvalue weighted by molar-refractivity contribution is 6.02. The largest absolute Gasteiger partial charge is 0.493 e. The summed E-state index contributed by atoms with van der Waals surface area (Å²) < 4.78 is 10.6. The number of carbonyl (C=O) groups excluding carboxylic acids is 1. The Morgan fingerprint density at radius 1 is 1.05 bits per heavy atom. The van der Waals surface area contributed by atoms with Crippen LogP contribution in [0.1, 0.15) is 22.1 Å². The van der Waals surface area contributed by atoms with E-state index in [4.69, 9.17) is 9.47 Å². The van der Waals surface area contributed by atoms with Crippen LogP contribution in [0.2, 0.25) is 0 Å². The summed E-state index contributed by atoms with van der Waals surface area (Å²) in [5, 5.41) is 3.39. The Morgan fingerprint density at radius 2 is 1.68 bits per heavy atom. The van der Waals surface area contributed by atoms with E-state index < -0.39 is 0 Å². The van der Waals surface area contributed by atoms with Crippen LogP contribution in [0.25, 0.3) is 0 Å². The molecule has 0 aromatic heterocycles. The van der Waals surface area contributed by atoms with E-state index in [1.807, 2.05) is 30.3 Å². The smallest absolute Gasteiger partial charge is 0.257 e. The summed E-state index contributed by atoms with van der Waals surface area (Å²) in [6, 6.07) is 13.4. The minimum atomic E-state index is -0.209. The fourth-order valence-electron chi connectivity index (χ4n) is 2.67. The second-order valence-corrected chi connectivity index (χ2v) is 5.13. The zero-order valence-electron chi connectivity index (χ0n) is 12.8. The summed E-state index contributed by atoms with van der Waals surface area (Å²) in [6.07, 6.45) is -0.209. The number of nitrogens with zero attached hydrogens (tertiary/aromatic N) is 1. The standard InChI is InChI=1S/C17H18N2O3/c1-19-16(11-7-5-4-6-8-11)18-13-10-15(22-3)14(21-2)9-12(13)17(19)20/h4-10,16,18H,1-3H3/t16-/m1/s1. The van der Waals surface area contributed by atoms with Crippen molar-refractivity contribution in [3.05, 3.63) is 53.6 Å². The maximum absolute atomic E-state index is 12.7. The van der Waals surface area contributed by atoms with Crippen LogP contribution in [0.4, 0.5) is 5.69 Å². The van der Waals surface area contributed by atoms with Gasteiger partial charge in [0.2, 0.25) is 0 Å². The molecule has 0 aliphatic carbocycles. The first-order valence-corrected chi connectivity index (χ1v) is 7.00. The molecule has 0 saturated carbocycles. The highest BCUT2D eigenvalue weighted by Gasteiger charge is 2.31. The molecule has 1 heterocycles. The SMILES string of the molecule is COc1cc2c(cc1OC)C(=O)N(C)[C@H](c1ccccc1)N2. The van der Waals surface area contributed by atoms with Crippen molar-refractivity contribution in [3.8, 4) is 11.5 Å². The third-order valence-corrected chi connectivity index (χ3v) is 3.87. The summed E-state index contributed by atoms with van der Waals surface area (Å²) in [5.41, 5.74) is 2.35. The second kappa shape index (κ2) is 5.60. The average molecular weight is 298 g/mol. The van der Waals surface area contributed by atoms with Crippen LogP contribution in [-0.2, 0) is 0 Å². The van der Waals surface area contributed by atoms with Gasteiger partial charge in [-0.1, -0.05) is 30.3 Å². The van der Waals surface area contributed by atoms with Crippen LogP contribution >= 0.6 is 0 Å². The Hall–Kier alpha value is -2.69. The maximum atomic E-state index is 12.7. The van der Waals surface area contributed by atoms with Crippen LogP contribution in [0.15, 0.2) is 42.5 Å². The molecule has 2 aromatic carbocycles. The van der Waals surface area contributed by atoms with E-state index in [1.54, 1.807) is 38.3 Å². The molecule has 0 unspecified atom stereocenters. The monoisotopic (exact) mass is 298 g/mol. The van der Waals surface area contributed by atoms with Gasteiger partial charge in [-0.05, 0) is 11.6 Å². The minimum Gasteiger partial charge on any atom is -0.493 e. The van der Waals surface area contributed by atoms with Gasteiger partial charge in [-0.25, -0.2) is 0 Å². The Labute approximate surface area is 129 Å². The molecule has 0 bridgehead atoms. The van der Waals surface area contributed by atoms with E-state index in [0.29, 0.717) is 17.1 Å². The predicted molar refractivity (Wildman–Crippen MR) is 84.4 cm³/mol. The molecule has 5 nitrogen and oxygen atoms in total. The van der Waals surface area contributed by atoms with Gasteiger partial charge in [-0.2, -0.15) is 0 Å². The molecule has 22 heavy (non-hydrogen) atoms. The van der Waals surface area contributed by atoms with E-state index in [-0.39, 0.29) is 12.1 Å². The first kappa shape index (κ1) is 14.3. The number of anilines is 1. The van der Waals surface area contributed by atoms with Gasteiger partial charge in [0.1, 0.15) is 6.17 Å². The lowest BCUT2D eigenvalue weighted by Crippen LogP contribution is -2.40. The molecule has 1 aliphatic heterocycles. The number of nitrogens with one attached hydrogen (secondary N) is 1. The average Bonchev–Trinajstić information content (AvgIpc) is 2.57. The zero-order chi connectivity index (χ0) is 15.7. The lowest BCUT2D eigenvalue weighted by Gasteiger charge is -2.36. The molecule has 114 valence electrons. The molecule has 1 amide bonds. The molecule has 0 fully saturated rings. The molecule has 0 radical (unpaired) electrons. The van der Waals surface area contributed by atoms with E-state index in [2.05, 4.69) is 5.32 Å². The van der Waals surface area contributed by atoms with Crippen molar-refractivity contribution >= 4 is 11.6 Å². The molecule has 2 aromatic rings. The normalized spacial score (nSPS) is 16.8. The third-order valence-electron chi connectivity index (χ3n) is 3.87. The number of carbonyl (C=O) groups is 1. The van der Waals surface area contributed by atoms with Crippen molar-refractivity contribution in [2.24, 2.45) is 0 Å². The van der Waals surface area contributed by atoms with Gasteiger partial charge in [0.15, 0.2) is 11.5 Å². The number of amides is 1. The van der Waals surface area contributed by atoms with Gasteiger partial charge < -0.3 is 19.7 Å². The molecule has 0 saturated heterocycles. The first-order valence-electron chi connectivity index (χ1n) is 7.00. The maximum Gasteiger partial charge on any atom is 0.257 e. The zero-order valence-corrected chi connectivity index (χ0v) is 12.8. The number of ether oxygens (including phenoxy) is 2. The summed E-state index contributed by atoms with van der Waals surface area (Å²) in [7, 11) is 4.92. The molecule has 1 N–H and O–H groups in total. The fraction of sp³-hybridized carbons (Fsp3) is 0.235. The van der Waals surface area contributed by atoms with E-state index in [0.717, 1.165) is 11.3 Å². The van der Waals surface area contributed by atoms with Gasteiger partial charge in [-0.3, -0.25) is 4.79 Å². The molecule has 0 spiro atoms. The summed E-state index contributed by atoms with van der Waals surface area (Å²) in [4.78, 5) is 14.3. The summed E-state index contributed by atoms with van der Waals surface area (Å²) in [5.74, 6) is 1.09. The van der Waals surface area contributed by atoms with Crippen LogP contribution in [0, 0.1) is 0 Å². The number of fused-ring (bicyclic) bond motifs is 1. The highest BCUT2D eigenvalue weighted by atomic mass is 16.5. The Kier molecular flexibility index (Phi) is 3.63. The van der Waals surface area contributed by atoms with Crippen molar-refractivity contribution in [2.75, 3.05) is 26.6 Å². The van der Waals surface area contributed by atoms with Crippen LogP contribution < -0.4 is 14.8 Å². The van der Waals surface area contributed by atoms with Crippen LogP contribution in [0.3, 0.4) is 0 Å². The molecule has 1 aliphatic rings. The number of hydrogen-bond donors (Lipinski definition) is 1. The van der Waals surface area contributed by atoms with Gasteiger partial charge in [0, 0.05) is 13.1 Å². The van der Waals surface area contributed by atoms with Gasteiger partial charge >= 0.3 is 0 Å². The Morgan fingerprint density at radius 3 is 2.32 bits per heavy atom. The number of hydrogen-bond acceptors (Lipinski definition) is 4. The topological polar surface area (TPSA) is 50.8 Å². The number of benzene rings is 2. The lowest BCUT2D eigenvalue weighted by molar-refractivity contribution is 0.0735. The molecular weight excluding hydrogens is 280 g/mol. The predicted octanol–water partition coefficient (Wildman–Crippen LogP) is 2.90. The third kappa shape index (κ3) is 2.24. The van der Waals surface area contributed by atoms with Crippen molar-refractivity contribution in [3.63, 3.8) is 0 Å². The Balaban J connectivity index is 2.06. The summed E-state index contributed by atoms with van der Waals surface area (Å²) in [6.45, 7) is 0. The second-order valence-electron chi connectivity index (χ2n) is 5.13. The van der Waals surface area contributed by atoms with Crippen molar-refractivity contribution in [2.45, 2.75) is 6.17 Å². The highest BCUT2D eigenvalue weighted by Crippen LogP contribution is 2.39. The molecule has 3 rings (SSSR count). The lowest BCUT2D eigenvalue weighted by atomic mass is 10.0. The van der Waals surface area contributed by atoms with E-state index in [1.165, 1.54) is 0 Å². The fourth-order valence-corrected chi connectivity index (χ4v) is 2.67. The van der Waals surface area contributed by atoms with Gasteiger partial charge in [0.05, 0.1) is 25.5 Å². The van der Waals surface area contributed by atoms with Crippen molar-refractivity contribution < 1.29 is 14.3 Å². The van der Waals surface area contributed by atoms with Crippen LogP contribution in [-0.4, -0.2) is 32.1 Å². The molecular formula is C17H18N2O3. The van der Waals surface area contributed by atoms with Crippen molar-refractivity contribution in [1.29, 1.82) is 0 Å². The number of methoxy groups -OCH3 is 2. The van der Waals surface area contributed by atoms with E-state index >= 15 is 0 Å². The van der Waals surface area contributed by atoms with Crippen molar-refractivity contribution in [1.82, 2.24) is 4.90 Å². The van der Waals surface area contributed by atoms with Crippen LogP contribution in [0.5, 0.6) is 11.5 Å². The van der Waals surface area contributed by atoms with Gasteiger partial charge in [0.25, 0.3) is 5.91 Å². The molecule has 1 atom stereocenters. The van der Waals surface area contributed by atoms with E-state index in [9.17, 15) is 4.79 Å². The quantitative estimate of drug-likeness (QED) is 0.946. The minimum absolute atomic E-state index is 0.0523. The number of rotatable bonds is 3. The summed E-state index contributed by atoms with van der Waals surface area (Å²) >= 11 is 0. The molecule has 5 heteroatoms.